The summed E-state index contributed by atoms with van der Waals surface area (Å²) in [6.07, 6.45) is 0. The van der Waals surface area contributed by atoms with Crippen molar-refractivity contribution >= 4 is 127 Å². The molecule has 4 aromatic heterocycles. The van der Waals surface area contributed by atoms with Crippen molar-refractivity contribution < 1.29 is 215 Å². The molecule has 0 aromatic carbocycles. The van der Waals surface area contributed by atoms with Crippen molar-refractivity contribution in [2.75, 3.05) is 48.7 Å². The Balaban J connectivity index is -0.000000431. The van der Waals surface area contributed by atoms with Gasteiger partial charge in [-0.15, -0.1) is 46.2 Å². The molecule has 4 aliphatic heterocycles. The molecule has 0 bridgehead atoms. The molecule has 4 aliphatic rings. The van der Waals surface area contributed by atoms with E-state index >= 15 is 0 Å². The van der Waals surface area contributed by atoms with Crippen LogP contribution in [-0.2, 0) is 52.5 Å². The van der Waals surface area contributed by atoms with Crippen LogP contribution < -0.4 is 172 Å². The average molecular weight is 1320 g/mol. The zero-order valence-corrected chi connectivity index (χ0v) is 57.4. The molecule has 4 amide bonds. The number of nitrogens with two attached hydrogens (primary N) is 2. The van der Waals surface area contributed by atoms with Gasteiger partial charge in [-0.25, -0.2) is 19.3 Å². The summed E-state index contributed by atoms with van der Waals surface area (Å²) in [7, 11) is 5.32. The number of thiazole rings is 2. The van der Waals surface area contributed by atoms with Crippen LogP contribution in [0.25, 0.3) is 0 Å². The van der Waals surface area contributed by atoms with Gasteiger partial charge in [-0.2, -0.15) is 20.2 Å². The second-order valence-electron chi connectivity index (χ2n) is 14.4. The van der Waals surface area contributed by atoms with Crippen molar-refractivity contribution in [3.8, 4) is 11.8 Å². The van der Waals surface area contributed by atoms with Gasteiger partial charge in [0.1, 0.15) is 48.4 Å². The number of oxime groups is 2. The van der Waals surface area contributed by atoms with Crippen molar-refractivity contribution in [3.63, 3.8) is 0 Å². The number of nitrogen functional groups attached to an aromatic ring is 2. The number of amides is 4. The molecular formula is C36H46N16Na4O21S6. The Morgan fingerprint density at radius 2 is 0.952 bits per heavy atom. The monoisotopic (exact) mass is 1320 g/mol. The van der Waals surface area contributed by atoms with Crippen molar-refractivity contribution in [1.82, 2.24) is 59.9 Å². The van der Waals surface area contributed by atoms with E-state index in [1.807, 2.05) is 0 Å². The Morgan fingerprint density at radius 1 is 0.627 bits per heavy atom. The van der Waals surface area contributed by atoms with Crippen LogP contribution in [0.2, 0.25) is 0 Å². The molecule has 83 heavy (non-hydrogen) atoms. The van der Waals surface area contributed by atoms with Gasteiger partial charge in [0.05, 0.1) is 35.1 Å². The topological polar surface area (TPSA) is 662 Å². The van der Waals surface area contributed by atoms with E-state index in [4.69, 9.17) is 21.1 Å². The standard InChI is InChI=1S/2C18H18N8O7S3.4Na.7H2O/c2*1-25-18(22-12(28)13(29)23-25)36-4-6-3-34-15-9(14(30)26(15)10(6)16(31)32)21-11(27)8(24-33-2)7-5-35-17(19)20-7;;;;;;;;;;;/h2*5,9,15H,3-4H2,1-2H3,(H2,19,20)(H,21,27)(H,23,29)(H,31,32);;;;;7*1H2/q;;4*+1;;;;;;;/p-4/t2*9-,15-;;;;;;;;;;;/m11.........../s1. The minimum Gasteiger partial charge on any atom is -0.854 e. The Labute approximate surface area is 579 Å². The van der Waals surface area contributed by atoms with Gasteiger partial charge >= 0.3 is 118 Å². The van der Waals surface area contributed by atoms with Gasteiger partial charge < -0.3 is 100 Å². The molecule has 0 unspecified atom stereocenters. The van der Waals surface area contributed by atoms with E-state index in [0.717, 1.165) is 65.4 Å². The number of rotatable bonds is 16. The van der Waals surface area contributed by atoms with Crippen molar-refractivity contribution in [3.05, 3.63) is 65.4 Å². The molecule has 8 rings (SSSR count). The number of aryl methyl sites for hydroxylation is 2. The van der Waals surface area contributed by atoms with Crippen LogP contribution in [-0.4, -0.2) is 195 Å². The normalized spacial score (nSPS) is 17.0. The first-order chi connectivity index (χ1) is 34.2. The van der Waals surface area contributed by atoms with Gasteiger partial charge in [0, 0.05) is 47.9 Å². The Morgan fingerprint density at radius 3 is 1.23 bits per heavy atom. The van der Waals surface area contributed by atoms with Crippen molar-refractivity contribution in [2.24, 2.45) is 24.4 Å². The molecule has 4 aromatic rings. The number of carbonyl (C=O) groups is 6. The Kier molecular flexibility index (Phi) is 41.0. The predicted octanol–water partition coefficient (Wildman–Crippen LogP) is -24.1. The molecule has 20 N–H and O–H groups in total. The summed E-state index contributed by atoms with van der Waals surface area (Å²) in [5, 5.41) is 68.2. The summed E-state index contributed by atoms with van der Waals surface area (Å²) in [5.41, 5.74) is 9.14. The number of thioether (sulfide) groups is 4. The number of nitrogens with one attached hydrogen (secondary N) is 2. The summed E-state index contributed by atoms with van der Waals surface area (Å²) in [5.74, 6) is -7.48. The van der Waals surface area contributed by atoms with Crippen LogP contribution in [0.4, 0.5) is 10.3 Å². The molecule has 4 atom stereocenters. The SMILES string of the molecule is CON=C(C(=O)N[C@@H]1C(=O)N2C(C(=O)[O-])=C(CSc3nc(=O)c([O-])nn3C)CS[C@H]12)c1csc(N)n1.CON=C(C(=O)N[C@@H]1C(=O)N2C(C(=O)[O-])=C(CSc3nc(=O)c([O-])nn3C)CS[C@H]12)c1csc(N)n1.O.O.O.O.O.O.O.[Na+].[Na+].[Na+].[Na+]. The molecule has 0 aliphatic carbocycles. The number of aliphatic carboxylic acids is 2. The van der Waals surface area contributed by atoms with Gasteiger partial charge in [0.2, 0.25) is 0 Å². The second kappa shape index (κ2) is 38.6. The van der Waals surface area contributed by atoms with Crippen LogP contribution in [0.1, 0.15) is 11.4 Å². The molecule has 0 spiro atoms. The van der Waals surface area contributed by atoms with Crippen LogP contribution in [0, 0.1) is 0 Å². The fraction of sp³-hybridized carbons (Fsp3) is 0.333. The Hall–Kier alpha value is -3.56. The van der Waals surface area contributed by atoms with Gasteiger partial charge in [-0.1, -0.05) is 33.8 Å². The van der Waals surface area contributed by atoms with Gasteiger partial charge in [0.25, 0.3) is 34.7 Å². The number of anilines is 2. The van der Waals surface area contributed by atoms with E-state index < -0.39 is 81.3 Å². The van der Waals surface area contributed by atoms with Crippen molar-refractivity contribution in [1.29, 1.82) is 0 Å². The molecule has 436 valence electrons. The minimum absolute atomic E-state index is 0. The maximum Gasteiger partial charge on any atom is 1.00 e. The summed E-state index contributed by atoms with van der Waals surface area (Å²) < 4.78 is 2.23. The molecular weight excluding hydrogens is 1280 g/mol. The van der Waals surface area contributed by atoms with E-state index in [0.29, 0.717) is 11.1 Å². The Bertz CT molecular complexity index is 2980. The number of carbonyl (C=O) groups excluding carboxylic acids is 6. The number of aromatic nitrogens is 8. The first-order valence-electron chi connectivity index (χ1n) is 19.8. The van der Waals surface area contributed by atoms with Crippen LogP contribution in [0.5, 0.6) is 11.8 Å². The van der Waals surface area contributed by atoms with Gasteiger partial charge in [-0.05, 0) is 11.1 Å². The third kappa shape index (κ3) is 19.7. The maximum atomic E-state index is 12.9. The van der Waals surface area contributed by atoms with E-state index in [1.165, 1.54) is 62.6 Å². The molecule has 47 heteroatoms. The van der Waals surface area contributed by atoms with Crippen LogP contribution in [0.15, 0.2) is 63.5 Å². The van der Waals surface area contributed by atoms with E-state index in [9.17, 15) is 58.8 Å². The smallest absolute Gasteiger partial charge is 0.854 e. The predicted molar refractivity (Wildman–Crippen MR) is 274 cm³/mol. The summed E-state index contributed by atoms with van der Waals surface area (Å²) in [4.78, 5) is 125. The summed E-state index contributed by atoms with van der Waals surface area (Å²) >= 11 is 6.61. The quantitative estimate of drug-likeness (QED) is 0.0266. The molecule has 0 saturated carbocycles. The number of hydrogen-bond donors (Lipinski definition) is 4. The average Bonchev–Trinajstić information content (AvgIpc) is 3.98. The summed E-state index contributed by atoms with van der Waals surface area (Å²) in [6.45, 7) is 0. The van der Waals surface area contributed by atoms with Gasteiger partial charge in [0.15, 0.2) is 32.0 Å². The van der Waals surface area contributed by atoms with Gasteiger partial charge in [-0.3, -0.25) is 38.6 Å². The number of β-lactam (4-membered cyclic amide) rings is 2. The van der Waals surface area contributed by atoms with Crippen LogP contribution >= 0.6 is 69.7 Å². The van der Waals surface area contributed by atoms with Crippen molar-refractivity contribution in [2.45, 2.75) is 33.1 Å². The molecule has 2 fully saturated rings. The number of fused-ring (bicyclic) bond motifs is 2. The van der Waals surface area contributed by atoms with E-state index in [2.05, 4.69) is 51.1 Å². The largest absolute Gasteiger partial charge is 1.00 e. The van der Waals surface area contributed by atoms with Crippen LogP contribution in [0.3, 0.4) is 0 Å². The second-order valence-corrected chi connectivity index (χ2v) is 20.3. The minimum atomic E-state index is -1.57. The number of carboxylic acids is 2. The fourth-order valence-corrected chi connectivity index (χ4v) is 12.7. The molecule has 2 saturated heterocycles. The zero-order valence-electron chi connectivity index (χ0n) is 44.5. The fourth-order valence-electron chi connectivity index (χ4n) is 6.78. The number of carboxylic acid groups (broad SMARTS) is 2. The number of nitrogens with zero attached hydrogens (tertiary/aromatic N) is 12. The van der Waals surface area contributed by atoms with E-state index in [1.54, 1.807) is 0 Å². The first-order valence-corrected chi connectivity index (χ1v) is 25.6. The zero-order chi connectivity index (χ0) is 52.3. The number of hydrogen-bond acceptors (Lipinski definition) is 30. The molecule has 8 heterocycles. The molecule has 37 nitrogen and oxygen atoms in total. The third-order valence-corrected chi connectivity index (χ3v) is 16.2. The van der Waals surface area contributed by atoms with E-state index in [-0.39, 0.29) is 234 Å². The third-order valence-electron chi connectivity index (χ3n) is 9.93. The first kappa shape index (κ1) is 88.2. The molecule has 0 radical (unpaired) electrons. The summed E-state index contributed by atoms with van der Waals surface area (Å²) in [6, 6.07) is -2.05. The maximum absolute atomic E-state index is 12.9.